The maximum Gasteiger partial charge on any atom is 0.304 e. The average molecular weight is 172 g/mol. The Balaban J connectivity index is 2.41. The molecule has 5 nitrogen and oxygen atoms in total. The van der Waals surface area contributed by atoms with E-state index in [0.717, 1.165) is 0 Å². The third-order valence-corrected chi connectivity index (χ3v) is 1.73. The first-order valence-corrected chi connectivity index (χ1v) is 3.90. The summed E-state index contributed by atoms with van der Waals surface area (Å²) in [4.78, 5) is 21.2. The highest BCUT2D eigenvalue weighted by Crippen LogP contribution is 2.00. The third-order valence-electron chi connectivity index (χ3n) is 1.73. The van der Waals surface area contributed by atoms with Crippen molar-refractivity contribution in [3.8, 4) is 0 Å². The van der Waals surface area contributed by atoms with E-state index in [0.29, 0.717) is 13.1 Å². The zero-order valence-corrected chi connectivity index (χ0v) is 6.67. The van der Waals surface area contributed by atoms with Gasteiger partial charge in [0.1, 0.15) is 0 Å². The van der Waals surface area contributed by atoms with Crippen molar-refractivity contribution >= 4 is 11.9 Å². The van der Waals surface area contributed by atoms with Crippen molar-refractivity contribution in [1.82, 2.24) is 10.6 Å². The molecule has 1 fully saturated rings. The molecule has 1 atom stereocenters. The zero-order chi connectivity index (χ0) is 8.97. The van der Waals surface area contributed by atoms with Crippen LogP contribution in [-0.4, -0.2) is 36.1 Å². The van der Waals surface area contributed by atoms with E-state index in [1.807, 2.05) is 0 Å². The number of amides is 1. The van der Waals surface area contributed by atoms with E-state index in [1.165, 1.54) is 0 Å². The van der Waals surface area contributed by atoms with Gasteiger partial charge in [-0.1, -0.05) is 0 Å². The molecule has 0 bridgehead atoms. The summed E-state index contributed by atoms with van der Waals surface area (Å²) in [6, 6.07) is -0.218. The molecular weight excluding hydrogens is 160 g/mol. The predicted octanol–water partition coefficient (Wildman–Crippen LogP) is -1.06. The van der Waals surface area contributed by atoms with Gasteiger partial charge in [0.2, 0.25) is 5.91 Å². The zero-order valence-electron chi connectivity index (χ0n) is 6.67. The van der Waals surface area contributed by atoms with Crippen LogP contribution in [0.2, 0.25) is 0 Å². The van der Waals surface area contributed by atoms with Crippen LogP contribution in [0.15, 0.2) is 0 Å². The van der Waals surface area contributed by atoms with Gasteiger partial charge in [-0.05, 0) is 0 Å². The first-order chi connectivity index (χ1) is 5.68. The Labute approximate surface area is 70.1 Å². The van der Waals surface area contributed by atoms with Crippen LogP contribution in [0.1, 0.15) is 12.8 Å². The Kier molecular flexibility index (Phi) is 3.04. The molecule has 1 amide bonds. The molecular formula is C7H12N2O3. The predicted molar refractivity (Wildman–Crippen MR) is 41.7 cm³/mol. The second kappa shape index (κ2) is 4.06. The first-order valence-electron chi connectivity index (χ1n) is 3.90. The Morgan fingerprint density at radius 3 is 3.00 bits per heavy atom. The van der Waals surface area contributed by atoms with Crippen LogP contribution < -0.4 is 10.6 Å². The summed E-state index contributed by atoms with van der Waals surface area (Å²) in [7, 11) is 0. The van der Waals surface area contributed by atoms with E-state index in [9.17, 15) is 9.59 Å². The number of hydrogen-bond donors (Lipinski definition) is 3. The van der Waals surface area contributed by atoms with Gasteiger partial charge in [0.05, 0.1) is 6.42 Å². The maximum atomic E-state index is 10.9. The number of hydrogen-bond acceptors (Lipinski definition) is 3. The monoisotopic (exact) mass is 172 g/mol. The highest BCUT2D eigenvalue weighted by molar-refractivity contribution is 5.78. The molecule has 1 aliphatic rings. The summed E-state index contributed by atoms with van der Waals surface area (Å²) in [5, 5.41) is 14.1. The van der Waals surface area contributed by atoms with Gasteiger partial charge in [-0.3, -0.25) is 9.59 Å². The van der Waals surface area contributed by atoms with Crippen LogP contribution in [0.5, 0.6) is 0 Å². The lowest BCUT2D eigenvalue weighted by Gasteiger charge is -2.10. The molecule has 1 heterocycles. The van der Waals surface area contributed by atoms with Crippen molar-refractivity contribution in [3.63, 3.8) is 0 Å². The maximum absolute atomic E-state index is 10.9. The molecule has 0 radical (unpaired) electrons. The summed E-state index contributed by atoms with van der Waals surface area (Å²) in [5.41, 5.74) is 0. The van der Waals surface area contributed by atoms with Crippen molar-refractivity contribution in [2.45, 2.75) is 18.9 Å². The summed E-state index contributed by atoms with van der Waals surface area (Å²) < 4.78 is 0. The van der Waals surface area contributed by atoms with Gasteiger partial charge in [0, 0.05) is 25.6 Å². The molecule has 12 heavy (non-hydrogen) atoms. The summed E-state index contributed by atoms with van der Waals surface area (Å²) in [5.74, 6) is -0.951. The lowest BCUT2D eigenvalue weighted by Crippen LogP contribution is -2.32. The van der Waals surface area contributed by atoms with Gasteiger partial charge >= 0.3 is 5.97 Å². The molecule has 0 aromatic carbocycles. The molecule has 1 unspecified atom stereocenters. The Hall–Kier alpha value is -1.10. The van der Waals surface area contributed by atoms with Crippen molar-refractivity contribution < 1.29 is 14.7 Å². The van der Waals surface area contributed by atoms with E-state index >= 15 is 0 Å². The van der Waals surface area contributed by atoms with Crippen molar-refractivity contribution in [2.24, 2.45) is 0 Å². The molecule has 0 spiro atoms. The lowest BCUT2D eigenvalue weighted by molar-refractivity contribution is -0.137. The second-order valence-electron chi connectivity index (χ2n) is 2.80. The molecule has 0 aliphatic carbocycles. The second-order valence-corrected chi connectivity index (χ2v) is 2.80. The van der Waals surface area contributed by atoms with Gasteiger partial charge in [0.15, 0.2) is 0 Å². The van der Waals surface area contributed by atoms with Gasteiger partial charge in [-0.25, -0.2) is 0 Å². The SMILES string of the molecule is O=C(O)CC1CC(=O)NCCN1. The van der Waals surface area contributed by atoms with Crippen molar-refractivity contribution in [2.75, 3.05) is 13.1 Å². The van der Waals surface area contributed by atoms with Crippen LogP contribution in [-0.2, 0) is 9.59 Å². The molecule has 0 saturated carbocycles. The van der Waals surface area contributed by atoms with Crippen LogP contribution >= 0.6 is 0 Å². The largest absolute Gasteiger partial charge is 0.481 e. The minimum Gasteiger partial charge on any atom is -0.481 e. The van der Waals surface area contributed by atoms with Gasteiger partial charge < -0.3 is 15.7 Å². The van der Waals surface area contributed by atoms with E-state index in [1.54, 1.807) is 0 Å². The average Bonchev–Trinajstić information content (AvgIpc) is 2.12. The van der Waals surface area contributed by atoms with Crippen LogP contribution in [0.3, 0.4) is 0 Å². The fourth-order valence-corrected chi connectivity index (χ4v) is 1.20. The van der Waals surface area contributed by atoms with Gasteiger partial charge in [0.25, 0.3) is 0 Å². The highest BCUT2D eigenvalue weighted by atomic mass is 16.4. The van der Waals surface area contributed by atoms with E-state index in [4.69, 9.17) is 5.11 Å². The summed E-state index contributed by atoms with van der Waals surface area (Å²) >= 11 is 0. The summed E-state index contributed by atoms with van der Waals surface area (Å²) in [6.07, 6.45) is 0.264. The number of carboxylic acids is 1. The molecule has 0 aromatic heterocycles. The fourth-order valence-electron chi connectivity index (χ4n) is 1.20. The summed E-state index contributed by atoms with van der Waals surface area (Å²) in [6.45, 7) is 1.22. The number of nitrogens with one attached hydrogen (secondary N) is 2. The normalized spacial score (nSPS) is 24.3. The minimum absolute atomic E-state index is 0.00736. The number of rotatable bonds is 2. The third kappa shape index (κ3) is 2.87. The van der Waals surface area contributed by atoms with Crippen LogP contribution in [0.25, 0.3) is 0 Å². The molecule has 1 saturated heterocycles. The molecule has 3 N–H and O–H groups in total. The Morgan fingerprint density at radius 2 is 2.33 bits per heavy atom. The fraction of sp³-hybridized carbons (Fsp3) is 0.714. The molecule has 5 heteroatoms. The minimum atomic E-state index is -0.873. The van der Waals surface area contributed by atoms with Gasteiger partial charge in [-0.15, -0.1) is 0 Å². The highest BCUT2D eigenvalue weighted by Gasteiger charge is 2.18. The first kappa shape index (κ1) is 8.99. The topological polar surface area (TPSA) is 78.4 Å². The van der Waals surface area contributed by atoms with Crippen LogP contribution in [0, 0.1) is 0 Å². The van der Waals surface area contributed by atoms with Crippen molar-refractivity contribution in [1.29, 1.82) is 0 Å². The number of aliphatic carboxylic acids is 1. The molecule has 0 aromatic rings. The number of carboxylic acid groups (broad SMARTS) is 1. The number of carbonyl (C=O) groups excluding carboxylic acids is 1. The van der Waals surface area contributed by atoms with E-state index in [2.05, 4.69) is 10.6 Å². The lowest BCUT2D eigenvalue weighted by atomic mass is 10.1. The Morgan fingerprint density at radius 1 is 1.58 bits per heavy atom. The smallest absolute Gasteiger partial charge is 0.304 e. The standard InChI is InChI=1S/C7H12N2O3/c10-6-3-5(4-7(11)12)8-1-2-9-6/h5,8H,1-4H2,(H,9,10)(H,11,12). The number of carbonyl (C=O) groups is 2. The van der Waals surface area contributed by atoms with Gasteiger partial charge in [-0.2, -0.15) is 0 Å². The molecule has 68 valence electrons. The van der Waals surface area contributed by atoms with Crippen LogP contribution in [0.4, 0.5) is 0 Å². The molecule has 1 rings (SSSR count). The van der Waals surface area contributed by atoms with E-state index in [-0.39, 0.29) is 24.8 Å². The molecule has 1 aliphatic heterocycles. The Bertz CT molecular complexity index is 193. The quantitative estimate of drug-likeness (QED) is 0.496. The van der Waals surface area contributed by atoms with E-state index < -0.39 is 5.97 Å². The van der Waals surface area contributed by atoms with Crippen molar-refractivity contribution in [3.05, 3.63) is 0 Å².